The Labute approximate surface area is 97.5 Å². The standard InChI is InChI=1S/C13H20N2O/c1-11(2)16-13-8-12(9-15-10-13)6-4-5-7-14-3/h4,6,8-11,14H,5,7H2,1-3H3. The molecular weight excluding hydrogens is 200 g/mol. The first-order valence-electron chi connectivity index (χ1n) is 5.65. The molecule has 0 radical (unpaired) electrons. The van der Waals surface area contributed by atoms with E-state index in [1.165, 1.54) is 0 Å². The van der Waals surface area contributed by atoms with Gasteiger partial charge in [0.25, 0.3) is 0 Å². The molecule has 0 spiro atoms. The highest BCUT2D eigenvalue weighted by Gasteiger charge is 1.97. The summed E-state index contributed by atoms with van der Waals surface area (Å²) in [6.07, 6.45) is 8.98. The zero-order chi connectivity index (χ0) is 11.8. The van der Waals surface area contributed by atoms with Crippen LogP contribution >= 0.6 is 0 Å². The smallest absolute Gasteiger partial charge is 0.138 e. The Morgan fingerprint density at radius 2 is 2.25 bits per heavy atom. The molecule has 1 aromatic rings. The van der Waals surface area contributed by atoms with Crippen molar-refractivity contribution in [2.24, 2.45) is 0 Å². The zero-order valence-corrected chi connectivity index (χ0v) is 10.2. The van der Waals surface area contributed by atoms with Crippen LogP contribution in [0.4, 0.5) is 0 Å². The van der Waals surface area contributed by atoms with Gasteiger partial charge >= 0.3 is 0 Å². The first-order chi connectivity index (χ1) is 7.72. The van der Waals surface area contributed by atoms with Crippen molar-refractivity contribution < 1.29 is 4.74 Å². The normalized spacial score (nSPS) is 11.2. The van der Waals surface area contributed by atoms with Crippen molar-refractivity contribution >= 4 is 6.08 Å². The van der Waals surface area contributed by atoms with Crippen molar-refractivity contribution in [2.45, 2.75) is 26.4 Å². The molecule has 1 aromatic heterocycles. The second-order valence-corrected chi connectivity index (χ2v) is 3.92. The number of hydrogen-bond donors (Lipinski definition) is 1. The Bertz CT molecular complexity index is 334. The lowest BCUT2D eigenvalue weighted by atomic mass is 10.2. The monoisotopic (exact) mass is 220 g/mol. The van der Waals surface area contributed by atoms with Crippen molar-refractivity contribution in [3.8, 4) is 5.75 Å². The van der Waals surface area contributed by atoms with E-state index >= 15 is 0 Å². The lowest BCUT2D eigenvalue weighted by Gasteiger charge is -2.09. The van der Waals surface area contributed by atoms with Gasteiger partial charge < -0.3 is 10.1 Å². The molecule has 0 amide bonds. The predicted octanol–water partition coefficient (Wildman–Crippen LogP) is 2.49. The maximum atomic E-state index is 5.57. The van der Waals surface area contributed by atoms with E-state index in [2.05, 4.69) is 22.5 Å². The average Bonchev–Trinajstić information content (AvgIpc) is 2.24. The summed E-state index contributed by atoms with van der Waals surface area (Å²) >= 11 is 0. The van der Waals surface area contributed by atoms with Crippen LogP contribution in [-0.4, -0.2) is 24.7 Å². The SMILES string of the molecule is CNCCC=Cc1cncc(OC(C)C)c1. The number of nitrogens with one attached hydrogen (secondary N) is 1. The molecule has 3 heteroatoms. The van der Waals surface area contributed by atoms with Gasteiger partial charge in [-0.1, -0.05) is 12.2 Å². The van der Waals surface area contributed by atoms with Gasteiger partial charge in [-0.2, -0.15) is 0 Å². The van der Waals surface area contributed by atoms with E-state index in [-0.39, 0.29) is 6.10 Å². The fourth-order valence-electron chi connectivity index (χ4n) is 1.31. The average molecular weight is 220 g/mol. The largest absolute Gasteiger partial charge is 0.489 e. The Hall–Kier alpha value is -1.35. The third kappa shape index (κ3) is 4.94. The summed E-state index contributed by atoms with van der Waals surface area (Å²) in [6.45, 7) is 5.01. The molecule has 16 heavy (non-hydrogen) atoms. The van der Waals surface area contributed by atoms with E-state index in [9.17, 15) is 0 Å². The zero-order valence-electron chi connectivity index (χ0n) is 10.2. The Morgan fingerprint density at radius 3 is 2.94 bits per heavy atom. The summed E-state index contributed by atoms with van der Waals surface area (Å²) in [5.74, 6) is 0.825. The molecule has 0 fully saturated rings. The molecule has 0 aliphatic rings. The summed E-state index contributed by atoms with van der Waals surface area (Å²) in [4.78, 5) is 4.14. The van der Waals surface area contributed by atoms with Crippen molar-refractivity contribution in [1.29, 1.82) is 0 Å². The van der Waals surface area contributed by atoms with E-state index in [0.29, 0.717) is 0 Å². The Balaban J connectivity index is 2.56. The van der Waals surface area contributed by atoms with Gasteiger partial charge in [0.1, 0.15) is 5.75 Å². The molecule has 0 aliphatic heterocycles. The van der Waals surface area contributed by atoms with Crippen LogP contribution in [0.5, 0.6) is 5.75 Å². The number of pyridine rings is 1. The van der Waals surface area contributed by atoms with Crippen LogP contribution in [0.2, 0.25) is 0 Å². The van der Waals surface area contributed by atoms with Crippen LogP contribution in [0.15, 0.2) is 24.5 Å². The van der Waals surface area contributed by atoms with Crippen molar-refractivity contribution in [3.63, 3.8) is 0 Å². The Kier molecular flexibility index (Phi) is 5.57. The summed E-state index contributed by atoms with van der Waals surface area (Å²) in [6, 6.07) is 2.00. The Morgan fingerprint density at radius 1 is 1.44 bits per heavy atom. The molecule has 0 atom stereocenters. The third-order valence-corrected chi connectivity index (χ3v) is 1.98. The number of ether oxygens (including phenoxy) is 1. The van der Waals surface area contributed by atoms with Crippen LogP contribution in [-0.2, 0) is 0 Å². The van der Waals surface area contributed by atoms with Gasteiger partial charge in [0.05, 0.1) is 12.3 Å². The number of rotatable bonds is 6. The fraction of sp³-hybridized carbons (Fsp3) is 0.462. The van der Waals surface area contributed by atoms with Gasteiger partial charge in [-0.05, 0) is 45.5 Å². The van der Waals surface area contributed by atoms with E-state index in [1.54, 1.807) is 6.20 Å². The van der Waals surface area contributed by atoms with Gasteiger partial charge in [-0.25, -0.2) is 0 Å². The van der Waals surface area contributed by atoms with Gasteiger partial charge in [0.2, 0.25) is 0 Å². The highest BCUT2D eigenvalue weighted by atomic mass is 16.5. The van der Waals surface area contributed by atoms with Crippen LogP contribution in [0.25, 0.3) is 6.08 Å². The van der Waals surface area contributed by atoms with Crippen LogP contribution in [0.3, 0.4) is 0 Å². The van der Waals surface area contributed by atoms with Crippen molar-refractivity contribution in [3.05, 3.63) is 30.1 Å². The van der Waals surface area contributed by atoms with Gasteiger partial charge in [-0.3, -0.25) is 4.98 Å². The summed E-state index contributed by atoms with van der Waals surface area (Å²) in [5.41, 5.74) is 1.08. The highest BCUT2D eigenvalue weighted by molar-refractivity contribution is 5.49. The fourth-order valence-corrected chi connectivity index (χ4v) is 1.31. The van der Waals surface area contributed by atoms with Crippen LogP contribution in [0.1, 0.15) is 25.8 Å². The van der Waals surface area contributed by atoms with Gasteiger partial charge in [0.15, 0.2) is 0 Å². The van der Waals surface area contributed by atoms with E-state index < -0.39 is 0 Å². The molecule has 88 valence electrons. The van der Waals surface area contributed by atoms with E-state index in [1.807, 2.05) is 33.2 Å². The first-order valence-corrected chi connectivity index (χ1v) is 5.65. The molecule has 0 unspecified atom stereocenters. The maximum Gasteiger partial charge on any atom is 0.138 e. The molecule has 3 nitrogen and oxygen atoms in total. The molecule has 0 aromatic carbocycles. The topological polar surface area (TPSA) is 34.2 Å². The lowest BCUT2D eigenvalue weighted by molar-refractivity contribution is 0.241. The summed E-state index contributed by atoms with van der Waals surface area (Å²) in [7, 11) is 1.95. The third-order valence-electron chi connectivity index (χ3n) is 1.98. The van der Waals surface area contributed by atoms with Crippen LogP contribution in [0, 0.1) is 0 Å². The minimum atomic E-state index is 0.185. The molecular formula is C13H20N2O. The molecule has 0 saturated carbocycles. The minimum absolute atomic E-state index is 0.185. The first kappa shape index (κ1) is 12.7. The van der Waals surface area contributed by atoms with E-state index in [0.717, 1.165) is 24.3 Å². The highest BCUT2D eigenvalue weighted by Crippen LogP contribution is 2.14. The van der Waals surface area contributed by atoms with Gasteiger partial charge in [0, 0.05) is 6.20 Å². The quantitative estimate of drug-likeness (QED) is 0.748. The maximum absolute atomic E-state index is 5.57. The summed E-state index contributed by atoms with van der Waals surface area (Å²) in [5, 5.41) is 3.10. The van der Waals surface area contributed by atoms with Crippen LogP contribution < -0.4 is 10.1 Å². The number of hydrogen-bond acceptors (Lipinski definition) is 3. The molecule has 1 N–H and O–H groups in total. The lowest BCUT2D eigenvalue weighted by Crippen LogP contribution is -2.06. The molecule has 0 bridgehead atoms. The number of nitrogens with zero attached hydrogens (tertiary/aromatic N) is 1. The molecule has 0 aliphatic carbocycles. The second kappa shape index (κ2) is 7.01. The molecule has 0 saturated heterocycles. The van der Waals surface area contributed by atoms with Crippen molar-refractivity contribution in [1.82, 2.24) is 10.3 Å². The number of aromatic nitrogens is 1. The van der Waals surface area contributed by atoms with E-state index in [4.69, 9.17) is 4.74 Å². The summed E-state index contributed by atoms with van der Waals surface area (Å²) < 4.78 is 5.57. The predicted molar refractivity (Wildman–Crippen MR) is 67.6 cm³/mol. The second-order valence-electron chi connectivity index (χ2n) is 3.92. The molecule has 1 heterocycles. The van der Waals surface area contributed by atoms with Gasteiger partial charge in [-0.15, -0.1) is 0 Å². The van der Waals surface area contributed by atoms with Crippen molar-refractivity contribution in [2.75, 3.05) is 13.6 Å². The minimum Gasteiger partial charge on any atom is -0.489 e. The molecule has 1 rings (SSSR count).